The molecule has 1 aromatic rings. The van der Waals surface area contributed by atoms with Gasteiger partial charge in [0.05, 0.1) is 7.11 Å². The van der Waals surface area contributed by atoms with Crippen LogP contribution in [0, 0.1) is 11.8 Å². The number of ether oxygens (including phenoxy) is 1. The summed E-state index contributed by atoms with van der Waals surface area (Å²) in [6.07, 6.45) is 0. The Morgan fingerprint density at radius 1 is 1.71 bits per heavy atom. The number of anilines is 1. The second kappa shape index (κ2) is 4.75. The van der Waals surface area contributed by atoms with Crippen molar-refractivity contribution in [1.29, 1.82) is 0 Å². The van der Waals surface area contributed by atoms with Crippen LogP contribution in [-0.4, -0.2) is 35.9 Å². The third-order valence-electron chi connectivity index (χ3n) is 3.23. The van der Waals surface area contributed by atoms with Crippen molar-refractivity contribution in [2.45, 2.75) is 6.92 Å². The van der Waals surface area contributed by atoms with Crippen molar-refractivity contribution in [2.75, 3.05) is 25.5 Å². The van der Waals surface area contributed by atoms with Gasteiger partial charge in [0.25, 0.3) is 0 Å². The molecule has 0 aromatic carbocycles. The third kappa shape index (κ3) is 2.41. The van der Waals surface area contributed by atoms with Gasteiger partial charge in [-0.3, -0.25) is 4.79 Å². The van der Waals surface area contributed by atoms with Crippen LogP contribution in [0.4, 0.5) is 5.82 Å². The summed E-state index contributed by atoms with van der Waals surface area (Å²) in [4.78, 5) is 11.9. The third-order valence-corrected chi connectivity index (χ3v) is 3.23. The maximum Gasteiger partial charge on any atom is 0.228 e. The summed E-state index contributed by atoms with van der Waals surface area (Å²) in [7, 11) is 3.35. The van der Waals surface area contributed by atoms with Gasteiger partial charge in [0.1, 0.15) is 0 Å². The Morgan fingerprint density at radius 3 is 2.88 bits per heavy atom. The van der Waals surface area contributed by atoms with E-state index in [-0.39, 0.29) is 11.8 Å². The number of carbonyl (C=O) groups is 1. The maximum absolute atomic E-state index is 11.9. The zero-order chi connectivity index (χ0) is 12.4. The van der Waals surface area contributed by atoms with E-state index in [0.29, 0.717) is 17.6 Å². The highest BCUT2D eigenvalue weighted by molar-refractivity contribution is 5.91. The van der Waals surface area contributed by atoms with Gasteiger partial charge in [0.2, 0.25) is 11.8 Å². The van der Waals surface area contributed by atoms with E-state index >= 15 is 0 Å². The van der Waals surface area contributed by atoms with E-state index in [1.807, 2.05) is 6.92 Å². The molecule has 0 radical (unpaired) electrons. The van der Waals surface area contributed by atoms with E-state index in [0.717, 1.165) is 13.1 Å². The molecule has 2 heterocycles. The molecule has 6 heteroatoms. The Morgan fingerprint density at radius 2 is 2.41 bits per heavy atom. The SMILES string of the molecule is COc1cc(NC(=O)C(C)C2CNC2)nn1C. The van der Waals surface area contributed by atoms with Crippen LogP contribution in [0.5, 0.6) is 5.88 Å². The largest absolute Gasteiger partial charge is 0.481 e. The summed E-state index contributed by atoms with van der Waals surface area (Å²) in [5.74, 6) is 1.61. The topological polar surface area (TPSA) is 68.2 Å². The molecule has 2 rings (SSSR count). The molecule has 1 fully saturated rings. The molecule has 1 aliphatic heterocycles. The smallest absolute Gasteiger partial charge is 0.228 e. The van der Waals surface area contributed by atoms with Crippen LogP contribution in [-0.2, 0) is 11.8 Å². The van der Waals surface area contributed by atoms with Crippen molar-refractivity contribution in [3.63, 3.8) is 0 Å². The minimum atomic E-state index is 0.00394. The molecule has 6 nitrogen and oxygen atoms in total. The summed E-state index contributed by atoms with van der Waals surface area (Å²) in [6.45, 7) is 3.78. The fourth-order valence-electron chi connectivity index (χ4n) is 1.82. The van der Waals surface area contributed by atoms with Gasteiger partial charge in [-0.2, -0.15) is 5.10 Å². The number of hydrogen-bond donors (Lipinski definition) is 2. The van der Waals surface area contributed by atoms with E-state index in [4.69, 9.17) is 4.74 Å². The molecule has 94 valence electrons. The lowest BCUT2D eigenvalue weighted by Crippen LogP contribution is -2.48. The number of amides is 1. The summed E-state index contributed by atoms with van der Waals surface area (Å²) in [6, 6.07) is 1.71. The Balaban J connectivity index is 1.97. The minimum absolute atomic E-state index is 0.00394. The van der Waals surface area contributed by atoms with Crippen molar-refractivity contribution in [3.05, 3.63) is 6.07 Å². The van der Waals surface area contributed by atoms with Crippen LogP contribution in [0.3, 0.4) is 0 Å². The van der Waals surface area contributed by atoms with Gasteiger partial charge in [-0.1, -0.05) is 6.92 Å². The molecular weight excluding hydrogens is 220 g/mol. The molecule has 17 heavy (non-hydrogen) atoms. The quantitative estimate of drug-likeness (QED) is 0.787. The minimum Gasteiger partial charge on any atom is -0.481 e. The van der Waals surface area contributed by atoms with Gasteiger partial charge >= 0.3 is 0 Å². The molecule has 1 saturated heterocycles. The van der Waals surface area contributed by atoms with E-state index in [2.05, 4.69) is 15.7 Å². The van der Waals surface area contributed by atoms with E-state index < -0.39 is 0 Å². The first-order chi connectivity index (χ1) is 8.11. The maximum atomic E-state index is 11.9. The molecule has 0 saturated carbocycles. The summed E-state index contributed by atoms with van der Waals surface area (Å²) < 4.78 is 6.68. The zero-order valence-corrected chi connectivity index (χ0v) is 10.4. The number of aryl methyl sites for hydroxylation is 1. The van der Waals surface area contributed by atoms with Crippen molar-refractivity contribution < 1.29 is 9.53 Å². The molecule has 1 unspecified atom stereocenters. The summed E-state index contributed by atoms with van der Waals surface area (Å²) in [5, 5.41) is 10.1. The highest BCUT2D eigenvalue weighted by Gasteiger charge is 2.29. The molecule has 2 N–H and O–H groups in total. The number of nitrogens with one attached hydrogen (secondary N) is 2. The number of rotatable bonds is 4. The molecule has 1 amide bonds. The zero-order valence-electron chi connectivity index (χ0n) is 10.4. The Labute approximate surface area is 100 Å². The van der Waals surface area contributed by atoms with Gasteiger partial charge in [-0.05, 0) is 19.0 Å². The fraction of sp³-hybridized carbons (Fsp3) is 0.636. The standard InChI is InChI=1S/C11H18N4O2/c1-7(8-5-12-6-8)11(16)13-9-4-10(17-3)15(2)14-9/h4,7-8,12H,5-6H2,1-3H3,(H,13,14,16). The first-order valence-corrected chi connectivity index (χ1v) is 5.71. The Hall–Kier alpha value is -1.56. The second-order valence-electron chi connectivity index (χ2n) is 4.39. The first-order valence-electron chi connectivity index (χ1n) is 5.71. The van der Waals surface area contributed by atoms with Gasteiger partial charge in [0, 0.05) is 19.0 Å². The van der Waals surface area contributed by atoms with Crippen molar-refractivity contribution in [2.24, 2.45) is 18.9 Å². The van der Waals surface area contributed by atoms with Crippen molar-refractivity contribution in [3.8, 4) is 5.88 Å². The van der Waals surface area contributed by atoms with Crippen LogP contribution < -0.4 is 15.4 Å². The lowest BCUT2D eigenvalue weighted by molar-refractivity contribution is -0.121. The molecular formula is C11H18N4O2. The van der Waals surface area contributed by atoms with E-state index in [1.54, 1.807) is 24.9 Å². The molecule has 1 atom stereocenters. The predicted molar refractivity (Wildman–Crippen MR) is 63.9 cm³/mol. The molecule has 1 aliphatic rings. The van der Waals surface area contributed by atoms with Crippen molar-refractivity contribution in [1.82, 2.24) is 15.1 Å². The number of aromatic nitrogens is 2. The highest BCUT2D eigenvalue weighted by Crippen LogP contribution is 2.20. The van der Waals surface area contributed by atoms with Gasteiger partial charge in [-0.15, -0.1) is 0 Å². The number of nitrogens with zero attached hydrogens (tertiary/aromatic N) is 2. The van der Waals surface area contributed by atoms with Crippen LogP contribution in [0.15, 0.2) is 6.07 Å². The van der Waals surface area contributed by atoms with Gasteiger partial charge in [-0.25, -0.2) is 4.68 Å². The van der Waals surface area contributed by atoms with E-state index in [9.17, 15) is 4.79 Å². The molecule has 1 aromatic heterocycles. The summed E-state index contributed by atoms with van der Waals surface area (Å²) in [5.41, 5.74) is 0. The van der Waals surface area contributed by atoms with Crippen LogP contribution in [0.1, 0.15) is 6.92 Å². The Kier molecular flexibility index (Phi) is 3.33. The highest BCUT2D eigenvalue weighted by atomic mass is 16.5. The van der Waals surface area contributed by atoms with Crippen LogP contribution in [0.2, 0.25) is 0 Å². The second-order valence-corrected chi connectivity index (χ2v) is 4.39. The number of hydrogen-bond acceptors (Lipinski definition) is 4. The van der Waals surface area contributed by atoms with Crippen LogP contribution >= 0.6 is 0 Å². The number of methoxy groups -OCH3 is 1. The van der Waals surface area contributed by atoms with Crippen LogP contribution in [0.25, 0.3) is 0 Å². The summed E-state index contributed by atoms with van der Waals surface area (Å²) >= 11 is 0. The normalized spacial score (nSPS) is 17.4. The predicted octanol–water partition coefficient (Wildman–Crippen LogP) is 0.223. The number of carbonyl (C=O) groups excluding carboxylic acids is 1. The van der Waals surface area contributed by atoms with E-state index in [1.165, 1.54) is 0 Å². The molecule has 0 bridgehead atoms. The lowest BCUT2D eigenvalue weighted by Gasteiger charge is -2.31. The monoisotopic (exact) mass is 238 g/mol. The lowest BCUT2D eigenvalue weighted by atomic mass is 9.88. The Bertz CT molecular complexity index is 412. The molecule has 0 spiro atoms. The molecule has 0 aliphatic carbocycles. The van der Waals surface area contributed by atoms with Gasteiger partial charge < -0.3 is 15.4 Å². The van der Waals surface area contributed by atoms with Crippen molar-refractivity contribution >= 4 is 11.7 Å². The first kappa shape index (κ1) is 11.9. The van der Waals surface area contributed by atoms with Gasteiger partial charge in [0.15, 0.2) is 5.82 Å². The average Bonchev–Trinajstić information content (AvgIpc) is 2.56. The fourth-order valence-corrected chi connectivity index (χ4v) is 1.82. The average molecular weight is 238 g/mol.